The van der Waals surface area contributed by atoms with Gasteiger partial charge < -0.3 is 10.7 Å². The Bertz CT molecular complexity index is 336. The van der Waals surface area contributed by atoms with Crippen molar-refractivity contribution in [3.8, 4) is 0 Å². The summed E-state index contributed by atoms with van der Waals surface area (Å²) in [5, 5.41) is 2.84. The SMILES string of the molecule is CC(C)CNC(=O)c1ccccc1NN. The highest BCUT2D eigenvalue weighted by atomic mass is 16.1. The number of anilines is 1. The van der Waals surface area contributed by atoms with E-state index >= 15 is 0 Å². The molecular formula is C11H17N3O. The molecule has 0 saturated heterocycles. The molecule has 4 heteroatoms. The van der Waals surface area contributed by atoms with Crippen LogP contribution >= 0.6 is 0 Å². The van der Waals surface area contributed by atoms with E-state index in [1.807, 2.05) is 26.0 Å². The van der Waals surface area contributed by atoms with E-state index in [0.717, 1.165) is 0 Å². The van der Waals surface area contributed by atoms with Gasteiger partial charge in [-0.3, -0.25) is 10.6 Å². The normalized spacial score (nSPS) is 10.1. The van der Waals surface area contributed by atoms with Crippen molar-refractivity contribution in [3.05, 3.63) is 29.8 Å². The Hall–Kier alpha value is -1.55. The zero-order valence-electron chi connectivity index (χ0n) is 9.08. The van der Waals surface area contributed by atoms with Gasteiger partial charge in [-0.2, -0.15) is 0 Å². The van der Waals surface area contributed by atoms with E-state index in [1.165, 1.54) is 0 Å². The lowest BCUT2D eigenvalue weighted by atomic mass is 10.1. The predicted molar refractivity (Wildman–Crippen MR) is 61.4 cm³/mol. The van der Waals surface area contributed by atoms with Crippen molar-refractivity contribution in [1.29, 1.82) is 0 Å². The van der Waals surface area contributed by atoms with E-state index in [4.69, 9.17) is 5.84 Å². The van der Waals surface area contributed by atoms with Crippen LogP contribution in [-0.4, -0.2) is 12.5 Å². The summed E-state index contributed by atoms with van der Waals surface area (Å²) in [7, 11) is 0. The van der Waals surface area contributed by atoms with Crippen LogP contribution in [0.1, 0.15) is 24.2 Å². The van der Waals surface area contributed by atoms with Crippen molar-refractivity contribution >= 4 is 11.6 Å². The van der Waals surface area contributed by atoms with Crippen molar-refractivity contribution in [2.24, 2.45) is 11.8 Å². The Balaban J connectivity index is 2.72. The van der Waals surface area contributed by atoms with Gasteiger partial charge in [-0.25, -0.2) is 0 Å². The van der Waals surface area contributed by atoms with Crippen LogP contribution in [-0.2, 0) is 0 Å². The van der Waals surface area contributed by atoms with Crippen molar-refractivity contribution < 1.29 is 4.79 Å². The summed E-state index contributed by atoms with van der Waals surface area (Å²) in [6.07, 6.45) is 0. The van der Waals surface area contributed by atoms with E-state index in [0.29, 0.717) is 23.7 Å². The van der Waals surface area contributed by atoms with Crippen molar-refractivity contribution in [3.63, 3.8) is 0 Å². The summed E-state index contributed by atoms with van der Waals surface area (Å²) >= 11 is 0. The van der Waals surface area contributed by atoms with Gasteiger partial charge in [0.25, 0.3) is 5.91 Å². The van der Waals surface area contributed by atoms with Crippen LogP contribution in [0.25, 0.3) is 0 Å². The minimum Gasteiger partial charge on any atom is -0.352 e. The number of benzene rings is 1. The highest BCUT2D eigenvalue weighted by molar-refractivity contribution is 5.99. The molecule has 0 aromatic heterocycles. The molecule has 4 nitrogen and oxygen atoms in total. The Morgan fingerprint density at radius 3 is 2.67 bits per heavy atom. The molecule has 0 aliphatic rings. The third kappa shape index (κ3) is 3.25. The maximum Gasteiger partial charge on any atom is 0.253 e. The molecule has 1 rings (SSSR count). The number of hydrazine groups is 1. The fourth-order valence-electron chi connectivity index (χ4n) is 1.20. The molecule has 0 atom stereocenters. The Morgan fingerprint density at radius 2 is 2.07 bits per heavy atom. The van der Waals surface area contributed by atoms with E-state index in [1.54, 1.807) is 12.1 Å². The molecule has 82 valence electrons. The molecule has 0 unspecified atom stereocenters. The smallest absolute Gasteiger partial charge is 0.253 e. The summed E-state index contributed by atoms with van der Waals surface area (Å²) in [5.41, 5.74) is 3.71. The third-order valence-corrected chi connectivity index (χ3v) is 2.00. The first-order chi connectivity index (χ1) is 7.15. The molecule has 1 aromatic rings. The van der Waals surface area contributed by atoms with Crippen molar-refractivity contribution in [2.45, 2.75) is 13.8 Å². The van der Waals surface area contributed by atoms with Gasteiger partial charge in [0.15, 0.2) is 0 Å². The third-order valence-electron chi connectivity index (χ3n) is 2.00. The van der Waals surface area contributed by atoms with Gasteiger partial charge in [-0.05, 0) is 18.1 Å². The summed E-state index contributed by atoms with van der Waals surface area (Å²) in [6.45, 7) is 4.76. The lowest BCUT2D eigenvalue weighted by molar-refractivity contribution is 0.0950. The van der Waals surface area contributed by atoms with Gasteiger partial charge in [0.05, 0.1) is 11.3 Å². The van der Waals surface area contributed by atoms with Crippen LogP contribution in [0, 0.1) is 5.92 Å². The molecule has 0 radical (unpaired) electrons. The van der Waals surface area contributed by atoms with Crippen LogP contribution in [0.4, 0.5) is 5.69 Å². The van der Waals surface area contributed by atoms with Crippen LogP contribution in [0.2, 0.25) is 0 Å². The number of hydrogen-bond donors (Lipinski definition) is 3. The molecule has 0 saturated carbocycles. The summed E-state index contributed by atoms with van der Waals surface area (Å²) < 4.78 is 0. The Kier molecular flexibility index (Phi) is 4.12. The maximum atomic E-state index is 11.7. The molecule has 0 spiro atoms. The second-order valence-electron chi connectivity index (χ2n) is 3.79. The minimum atomic E-state index is -0.0998. The van der Waals surface area contributed by atoms with Crippen LogP contribution in [0.5, 0.6) is 0 Å². The molecule has 0 bridgehead atoms. The van der Waals surface area contributed by atoms with Gasteiger partial charge in [0.2, 0.25) is 0 Å². The number of nitrogens with two attached hydrogens (primary N) is 1. The Morgan fingerprint density at radius 1 is 1.40 bits per heavy atom. The summed E-state index contributed by atoms with van der Waals surface area (Å²) in [6, 6.07) is 7.15. The number of amides is 1. The highest BCUT2D eigenvalue weighted by Crippen LogP contribution is 2.12. The first kappa shape index (κ1) is 11.5. The zero-order valence-corrected chi connectivity index (χ0v) is 9.08. The van der Waals surface area contributed by atoms with Crippen LogP contribution < -0.4 is 16.6 Å². The molecule has 4 N–H and O–H groups in total. The number of para-hydroxylation sites is 1. The number of rotatable bonds is 4. The summed E-state index contributed by atoms with van der Waals surface area (Å²) in [5.74, 6) is 5.65. The van der Waals surface area contributed by atoms with E-state index < -0.39 is 0 Å². The molecule has 1 amide bonds. The molecule has 0 fully saturated rings. The van der Waals surface area contributed by atoms with Crippen LogP contribution in [0.15, 0.2) is 24.3 Å². The number of carbonyl (C=O) groups is 1. The van der Waals surface area contributed by atoms with Gasteiger partial charge in [0, 0.05) is 6.54 Å². The average molecular weight is 207 g/mol. The van der Waals surface area contributed by atoms with E-state index in [2.05, 4.69) is 10.7 Å². The largest absolute Gasteiger partial charge is 0.352 e. The zero-order chi connectivity index (χ0) is 11.3. The van der Waals surface area contributed by atoms with Crippen molar-refractivity contribution in [1.82, 2.24) is 5.32 Å². The topological polar surface area (TPSA) is 67.2 Å². The lowest BCUT2D eigenvalue weighted by Gasteiger charge is -2.10. The molecule has 15 heavy (non-hydrogen) atoms. The molecule has 0 aliphatic heterocycles. The number of carbonyl (C=O) groups excluding carboxylic acids is 1. The number of hydrogen-bond acceptors (Lipinski definition) is 3. The Labute approximate surface area is 89.8 Å². The second kappa shape index (κ2) is 5.36. The monoisotopic (exact) mass is 207 g/mol. The second-order valence-corrected chi connectivity index (χ2v) is 3.79. The predicted octanol–water partition coefficient (Wildman–Crippen LogP) is 1.36. The average Bonchev–Trinajstić information content (AvgIpc) is 2.25. The van der Waals surface area contributed by atoms with Gasteiger partial charge in [0.1, 0.15) is 0 Å². The molecule has 0 aliphatic carbocycles. The standard InChI is InChI=1S/C11H17N3O/c1-8(2)7-13-11(15)9-5-3-4-6-10(9)14-12/h3-6,8,14H,7,12H2,1-2H3,(H,13,15). The molecule has 0 heterocycles. The highest BCUT2D eigenvalue weighted by Gasteiger charge is 2.09. The van der Waals surface area contributed by atoms with Gasteiger partial charge in [-0.1, -0.05) is 26.0 Å². The first-order valence-electron chi connectivity index (χ1n) is 4.99. The first-order valence-corrected chi connectivity index (χ1v) is 4.99. The van der Waals surface area contributed by atoms with E-state index in [-0.39, 0.29) is 5.91 Å². The number of nitrogen functional groups attached to an aromatic ring is 1. The molecule has 1 aromatic carbocycles. The summed E-state index contributed by atoms with van der Waals surface area (Å²) in [4.78, 5) is 11.7. The van der Waals surface area contributed by atoms with Crippen molar-refractivity contribution in [2.75, 3.05) is 12.0 Å². The van der Waals surface area contributed by atoms with Crippen LogP contribution in [0.3, 0.4) is 0 Å². The van der Waals surface area contributed by atoms with Gasteiger partial charge >= 0.3 is 0 Å². The minimum absolute atomic E-state index is 0.0998. The van der Waals surface area contributed by atoms with E-state index in [9.17, 15) is 4.79 Å². The fourth-order valence-corrected chi connectivity index (χ4v) is 1.20. The number of nitrogens with one attached hydrogen (secondary N) is 2. The fraction of sp³-hybridized carbons (Fsp3) is 0.364. The lowest BCUT2D eigenvalue weighted by Crippen LogP contribution is -2.28. The maximum absolute atomic E-state index is 11.7. The quantitative estimate of drug-likeness (QED) is 0.516. The molecular weight excluding hydrogens is 190 g/mol. The van der Waals surface area contributed by atoms with Gasteiger partial charge in [-0.15, -0.1) is 0 Å².